The maximum atomic E-state index is 11.6. The molecule has 0 aromatic carbocycles. The molecule has 4 rings (SSSR count). The molecule has 0 unspecified atom stereocenters. The normalized spacial score (nSPS) is 39.2. The van der Waals surface area contributed by atoms with Crippen molar-refractivity contribution in [3.63, 3.8) is 0 Å². The third-order valence-corrected chi connectivity index (χ3v) is 6.09. The SMILES string of the molecule is O=C1C=C2CC[C@@H]3C(=C2CC1)C=C[C@]1(CO)CCC[C@@H]31. The first-order valence-corrected chi connectivity index (χ1v) is 8.00. The number of hydrogen-bond donors (Lipinski definition) is 1. The number of aliphatic hydroxyl groups excluding tert-OH is 1. The number of ketones is 1. The molecule has 0 aromatic heterocycles. The minimum absolute atomic E-state index is 0.0560. The lowest BCUT2D eigenvalue weighted by Crippen LogP contribution is -2.38. The van der Waals surface area contributed by atoms with Crippen LogP contribution < -0.4 is 0 Å². The number of rotatable bonds is 1. The van der Waals surface area contributed by atoms with Crippen LogP contribution in [0.15, 0.2) is 34.9 Å². The number of allylic oxidation sites excluding steroid dienone is 5. The second kappa shape index (κ2) is 4.42. The summed E-state index contributed by atoms with van der Waals surface area (Å²) in [5, 5.41) is 9.89. The van der Waals surface area contributed by atoms with Crippen LogP contribution in [0.2, 0.25) is 0 Å². The van der Waals surface area contributed by atoms with Crippen molar-refractivity contribution in [2.45, 2.75) is 44.9 Å². The fraction of sp³-hybridized carbons (Fsp3) is 0.611. The lowest BCUT2D eigenvalue weighted by molar-refractivity contribution is -0.114. The zero-order valence-electron chi connectivity index (χ0n) is 11.9. The smallest absolute Gasteiger partial charge is 0.156 e. The van der Waals surface area contributed by atoms with Gasteiger partial charge in [0.2, 0.25) is 0 Å². The molecule has 1 N–H and O–H groups in total. The zero-order chi connectivity index (χ0) is 13.7. The van der Waals surface area contributed by atoms with E-state index < -0.39 is 0 Å². The van der Waals surface area contributed by atoms with Gasteiger partial charge in [-0.05, 0) is 66.7 Å². The van der Waals surface area contributed by atoms with Crippen molar-refractivity contribution in [1.82, 2.24) is 0 Å². The zero-order valence-corrected chi connectivity index (χ0v) is 11.9. The summed E-state index contributed by atoms with van der Waals surface area (Å²) in [6.07, 6.45) is 13.9. The molecule has 0 heterocycles. The summed E-state index contributed by atoms with van der Waals surface area (Å²) in [6.45, 7) is 0.300. The van der Waals surface area contributed by atoms with Gasteiger partial charge in [0.05, 0.1) is 6.61 Å². The highest BCUT2D eigenvalue weighted by molar-refractivity contribution is 5.93. The third-order valence-electron chi connectivity index (χ3n) is 6.09. The maximum Gasteiger partial charge on any atom is 0.156 e. The molecule has 0 radical (unpaired) electrons. The van der Waals surface area contributed by atoms with E-state index in [1.807, 2.05) is 6.08 Å². The average Bonchev–Trinajstić information content (AvgIpc) is 2.91. The van der Waals surface area contributed by atoms with Crippen LogP contribution in [-0.2, 0) is 4.79 Å². The Morgan fingerprint density at radius 2 is 2.15 bits per heavy atom. The highest BCUT2D eigenvalue weighted by atomic mass is 16.3. The molecular formula is C18H22O2. The van der Waals surface area contributed by atoms with Gasteiger partial charge in [0.1, 0.15) is 0 Å². The second-order valence-corrected chi connectivity index (χ2v) is 6.94. The van der Waals surface area contributed by atoms with Crippen molar-refractivity contribution in [1.29, 1.82) is 0 Å². The van der Waals surface area contributed by atoms with Crippen molar-refractivity contribution < 1.29 is 9.90 Å². The van der Waals surface area contributed by atoms with Gasteiger partial charge in [-0.3, -0.25) is 4.79 Å². The first-order valence-electron chi connectivity index (χ1n) is 8.00. The summed E-state index contributed by atoms with van der Waals surface area (Å²) in [6, 6.07) is 0. The predicted octanol–water partition coefficient (Wildman–Crippen LogP) is 3.33. The Morgan fingerprint density at radius 3 is 3.00 bits per heavy atom. The van der Waals surface area contributed by atoms with Gasteiger partial charge < -0.3 is 5.11 Å². The number of carbonyl (C=O) groups excluding carboxylic acids is 1. The van der Waals surface area contributed by atoms with Gasteiger partial charge in [-0.1, -0.05) is 18.6 Å². The lowest BCUT2D eigenvalue weighted by atomic mass is 9.60. The Morgan fingerprint density at radius 1 is 1.25 bits per heavy atom. The van der Waals surface area contributed by atoms with Crippen LogP contribution in [0, 0.1) is 17.3 Å². The Kier molecular flexibility index (Phi) is 2.78. The average molecular weight is 270 g/mol. The number of hydrogen-bond acceptors (Lipinski definition) is 2. The highest BCUT2D eigenvalue weighted by Gasteiger charge is 2.48. The predicted molar refractivity (Wildman–Crippen MR) is 78.1 cm³/mol. The van der Waals surface area contributed by atoms with Crippen LogP contribution in [0.1, 0.15) is 44.9 Å². The van der Waals surface area contributed by atoms with Crippen molar-refractivity contribution in [2.24, 2.45) is 17.3 Å². The first-order chi connectivity index (χ1) is 9.73. The summed E-state index contributed by atoms with van der Waals surface area (Å²) >= 11 is 0. The van der Waals surface area contributed by atoms with Gasteiger partial charge in [0.15, 0.2) is 5.78 Å². The first kappa shape index (κ1) is 12.6. The molecular weight excluding hydrogens is 248 g/mol. The molecule has 0 aromatic rings. The third kappa shape index (κ3) is 1.64. The fourth-order valence-electron chi connectivity index (χ4n) is 5.09. The monoisotopic (exact) mass is 270 g/mol. The van der Waals surface area contributed by atoms with Crippen LogP contribution in [0.3, 0.4) is 0 Å². The van der Waals surface area contributed by atoms with Gasteiger partial charge in [0.25, 0.3) is 0 Å². The van der Waals surface area contributed by atoms with E-state index in [0.717, 1.165) is 25.7 Å². The fourth-order valence-corrected chi connectivity index (χ4v) is 5.09. The van der Waals surface area contributed by atoms with Crippen molar-refractivity contribution >= 4 is 5.78 Å². The molecule has 0 amide bonds. The van der Waals surface area contributed by atoms with E-state index in [1.54, 1.807) is 0 Å². The maximum absolute atomic E-state index is 11.6. The number of carbonyl (C=O) groups is 1. The summed E-state index contributed by atoms with van der Waals surface area (Å²) in [5.74, 6) is 1.54. The van der Waals surface area contributed by atoms with E-state index in [2.05, 4.69) is 12.2 Å². The van der Waals surface area contributed by atoms with Crippen LogP contribution in [0.4, 0.5) is 0 Å². The van der Waals surface area contributed by atoms with Crippen LogP contribution in [0.5, 0.6) is 0 Å². The molecule has 2 heteroatoms. The van der Waals surface area contributed by atoms with E-state index in [-0.39, 0.29) is 5.41 Å². The molecule has 4 aliphatic rings. The molecule has 0 saturated heterocycles. The molecule has 20 heavy (non-hydrogen) atoms. The van der Waals surface area contributed by atoms with Crippen LogP contribution in [0.25, 0.3) is 0 Å². The van der Waals surface area contributed by atoms with Crippen molar-refractivity contribution in [2.75, 3.05) is 6.61 Å². The van der Waals surface area contributed by atoms with Crippen molar-refractivity contribution in [3.8, 4) is 0 Å². The highest BCUT2D eigenvalue weighted by Crippen LogP contribution is 2.57. The van der Waals surface area contributed by atoms with Crippen molar-refractivity contribution in [3.05, 3.63) is 34.9 Å². The van der Waals surface area contributed by atoms with Gasteiger partial charge in [-0.2, -0.15) is 0 Å². The van der Waals surface area contributed by atoms with E-state index in [0.29, 0.717) is 30.6 Å². The Balaban J connectivity index is 1.81. The van der Waals surface area contributed by atoms with E-state index >= 15 is 0 Å². The van der Waals surface area contributed by atoms with Gasteiger partial charge in [0, 0.05) is 11.8 Å². The van der Waals surface area contributed by atoms with Crippen LogP contribution >= 0.6 is 0 Å². The van der Waals surface area contributed by atoms with Gasteiger partial charge in [-0.15, -0.1) is 0 Å². The number of fused-ring (bicyclic) bond motifs is 4. The molecule has 0 bridgehead atoms. The Labute approximate surface area is 120 Å². The molecule has 0 aliphatic heterocycles. The lowest BCUT2D eigenvalue weighted by Gasteiger charge is -2.44. The summed E-state index contributed by atoms with van der Waals surface area (Å²) < 4.78 is 0. The largest absolute Gasteiger partial charge is 0.395 e. The molecule has 1 fully saturated rings. The van der Waals surface area contributed by atoms with Crippen LogP contribution in [-0.4, -0.2) is 17.5 Å². The second-order valence-electron chi connectivity index (χ2n) is 6.94. The Hall–Kier alpha value is -1.15. The molecule has 4 aliphatic carbocycles. The molecule has 3 atom stereocenters. The molecule has 0 spiro atoms. The molecule has 106 valence electrons. The summed E-state index contributed by atoms with van der Waals surface area (Å²) in [4.78, 5) is 11.6. The molecule has 2 nitrogen and oxygen atoms in total. The minimum atomic E-state index is 0.0560. The number of aliphatic hydroxyl groups is 1. The van der Waals surface area contributed by atoms with E-state index in [9.17, 15) is 9.90 Å². The Bertz CT molecular complexity index is 552. The minimum Gasteiger partial charge on any atom is -0.395 e. The summed E-state index contributed by atoms with van der Waals surface area (Å²) in [5.41, 5.74) is 4.30. The van der Waals surface area contributed by atoms with Gasteiger partial charge >= 0.3 is 0 Å². The van der Waals surface area contributed by atoms with E-state index in [4.69, 9.17) is 0 Å². The topological polar surface area (TPSA) is 37.3 Å². The van der Waals surface area contributed by atoms with E-state index in [1.165, 1.54) is 29.6 Å². The quantitative estimate of drug-likeness (QED) is 0.793. The molecule has 1 saturated carbocycles. The summed E-state index contributed by atoms with van der Waals surface area (Å²) in [7, 11) is 0. The van der Waals surface area contributed by atoms with Gasteiger partial charge in [-0.25, -0.2) is 0 Å². The standard InChI is InChI=1S/C18H22O2/c19-11-18-8-1-2-17(18)16-5-3-12-10-13(20)4-6-14(12)15(16)7-9-18/h7,9-10,16-17,19H,1-6,8,11H2/t16-,17+,18+/m1/s1.